The molecule has 1 aromatic rings. The number of hydrogen-bond donors (Lipinski definition) is 0. The van der Waals surface area contributed by atoms with Gasteiger partial charge in [-0.2, -0.15) is 0 Å². The van der Waals surface area contributed by atoms with Gasteiger partial charge in [-0.15, -0.1) is 0 Å². The highest BCUT2D eigenvalue weighted by Gasteiger charge is 2.26. The second kappa shape index (κ2) is 4.43. The summed E-state index contributed by atoms with van der Waals surface area (Å²) in [7, 11) is 0. The van der Waals surface area contributed by atoms with E-state index in [0.717, 1.165) is 5.56 Å². The first-order valence-corrected chi connectivity index (χ1v) is 4.89. The predicted molar refractivity (Wildman–Crippen MR) is 59.5 cm³/mol. The summed E-state index contributed by atoms with van der Waals surface area (Å²) in [5.41, 5.74) is 1.75. The number of halogens is 1. The normalized spacial score (nSPS) is 11.9. The van der Waals surface area contributed by atoms with Gasteiger partial charge in [0.05, 0.1) is 5.41 Å². The SMILES string of the molecule is CC(C)(C(=O)C=CCl)c1ccccc1. The Morgan fingerprint density at radius 3 is 2.36 bits per heavy atom. The third kappa shape index (κ3) is 2.24. The lowest BCUT2D eigenvalue weighted by Gasteiger charge is -2.21. The van der Waals surface area contributed by atoms with Gasteiger partial charge in [-0.1, -0.05) is 41.9 Å². The van der Waals surface area contributed by atoms with Crippen molar-refractivity contribution in [3.63, 3.8) is 0 Å². The molecule has 0 heterocycles. The second-order valence-electron chi connectivity index (χ2n) is 3.65. The van der Waals surface area contributed by atoms with Gasteiger partial charge < -0.3 is 0 Å². The summed E-state index contributed by atoms with van der Waals surface area (Å²) in [4.78, 5) is 11.7. The number of rotatable bonds is 3. The molecule has 0 amide bonds. The summed E-state index contributed by atoms with van der Waals surface area (Å²) in [6.45, 7) is 3.78. The number of benzene rings is 1. The van der Waals surface area contributed by atoms with Crippen LogP contribution in [-0.2, 0) is 10.2 Å². The summed E-state index contributed by atoms with van der Waals surface area (Å²) in [5.74, 6) is 0.0127. The van der Waals surface area contributed by atoms with Gasteiger partial charge in [0.15, 0.2) is 5.78 Å². The standard InChI is InChI=1S/C12H13ClO/c1-12(2,11(14)8-9-13)10-6-4-3-5-7-10/h3-9H,1-2H3. The van der Waals surface area contributed by atoms with Crippen molar-refractivity contribution in [1.29, 1.82) is 0 Å². The Morgan fingerprint density at radius 2 is 1.86 bits per heavy atom. The lowest BCUT2D eigenvalue weighted by molar-refractivity contribution is -0.118. The Balaban J connectivity index is 3.02. The van der Waals surface area contributed by atoms with Gasteiger partial charge in [-0.05, 0) is 25.5 Å². The van der Waals surface area contributed by atoms with Crippen LogP contribution in [0.25, 0.3) is 0 Å². The number of allylic oxidation sites excluding steroid dienone is 1. The number of hydrogen-bond acceptors (Lipinski definition) is 1. The van der Waals surface area contributed by atoms with Crippen molar-refractivity contribution in [2.24, 2.45) is 0 Å². The van der Waals surface area contributed by atoms with Gasteiger partial charge in [0.2, 0.25) is 0 Å². The molecule has 0 bridgehead atoms. The van der Waals surface area contributed by atoms with Gasteiger partial charge in [0.25, 0.3) is 0 Å². The highest BCUT2D eigenvalue weighted by atomic mass is 35.5. The summed E-state index contributed by atoms with van der Waals surface area (Å²) in [5, 5.41) is 0. The molecule has 0 unspecified atom stereocenters. The minimum absolute atomic E-state index is 0.0127. The smallest absolute Gasteiger partial charge is 0.166 e. The molecule has 0 N–H and O–H groups in total. The zero-order chi connectivity index (χ0) is 10.6. The number of ketones is 1. The van der Waals surface area contributed by atoms with E-state index in [2.05, 4.69) is 0 Å². The fourth-order valence-electron chi connectivity index (χ4n) is 1.26. The van der Waals surface area contributed by atoms with E-state index in [9.17, 15) is 4.79 Å². The van der Waals surface area contributed by atoms with Crippen LogP contribution in [0, 0.1) is 0 Å². The molecule has 1 aromatic carbocycles. The Labute approximate surface area is 89.4 Å². The van der Waals surface area contributed by atoms with Crippen LogP contribution in [0.3, 0.4) is 0 Å². The van der Waals surface area contributed by atoms with Crippen molar-refractivity contribution < 1.29 is 4.79 Å². The van der Waals surface area contributed by atoms with Crippen molar-refractivity contribution in [1.82, 2.24) is 0 Å². The van der Waals surface area contributed by atoms with Crippen LogP contribution < -0.4 is 0 Å². The van der Waals surface area contributed by atoms with Crippen molar-refractivity contribution >= 4 is 17.4 Å². The summed E-state index contributed by atoms with van der Waals surface area (Å²) in [6, 6.07) is 9.67. The zero-order valence-corrected chi connectivity index (χ0v) is 9.08. The van der Waals surface area contributed by atoms with E-state index in [1.807, 2.05) is 44.2 Å². The maximum Gasteiger partial charge on any atom is 0.166 e. The average molecular weight is 209 g/mol. The van der Waals surface area contributed by atoms with E-state index in [1.54, 1.807) is 0 Å². The molecule has 0 aliphatic carbocycles. The van der Waals surface area contributed by atoms with Crippen molar-refractivity contribution in [3.05, 3.63) is 47.5 Å². The summed E-state index contributed by atoms with van der Waals surface area (Å²) >= 11 is 5.39. The minimum Gasteiger partial charge on any atom is -0.294 e. The Hall–Kier alpha value is -1.08. The Bertz CT molecular complexity index is 339. The Kier molecular flexibility index (Phi) is 3.48. The van der Waals surface area contributed by atoms with Gasteiger partial charge >= 0.3 is 0 Å². The molecule has 0 spiro atoms. The molecule has 0 saturated carbocycles. The lowest BCUT2D eigenvalue weighted by atomic mass is 9.81. The van der Waals surface area contributed by atoms with Gasteiger partial charge in [-0.25, -0.2) is 0 Å². The topological polar surface area (TPSA) is 17.1 Å². The number of carbonyl (C=O) groups excluding carboxylic acids is 1. The first-order chi connectivity index (χ1) is 6.59. The van der Waals surface area contributed by atoms with Crippen LogP contribution in [0.4, 0.5) is 0 Å². The van der Waals surface area contributed by atoms with Crippen LogP contribution in [0.15, 0.2) is 41.9 Å². The molecule has 14 heavy (non-hydrogen) atoms. The third-order valence-electron chi connectivity index (χ3n) is 2.33. The first kappa shape index (κ1) is 11.0. The highest BCUT2D eigenvalue weighted by Crippen LogP contribution is 2.24. The fraction of sp³-hybridized carbons (Fsp3) is 0.250. The van der Waals surface area contributed by atoms with Crippen molar-refractivity contribution in [2.45, 2.75) is 19.3 Å². The second-order valence-corrected chi connectivity index (χ2v) is 3.90. The number of carbonyl (C=O) groups is 1. The molecule has 0 aliphatic rings. The maximum atomic E-state index is 11.7. The molecule has 2 heteroatoms. The molecule has 74 valence electrons. The first-order valence-electron chi connectivity index (χ1n) is 4.46. The molecular weight excluding hydrogens is 196 g/mol. The third-order valence-corrected chi connectivity index (χ3v) is 2.45. The van der Waals surface area contributed by atoms with Crippen LogP contribution in [-0.4, -0.2) is 5.78 Å². The van der Waals surface area contributed by atoms with Crippen LogP contribution in [0.2, 0.25) is 0 Å². The van der Waals surface area contributed by atoms with Gasteiger partial charge in [0.1, 0.15) is 0 Å². The molecule has 0 aliphatic heterocycles. The van der Waals surface area contributed by atoms with E-state index >= 15 is 0 Å². The zero-order valence-electron chi connectivity index (χ0n) is 8.33. The van der Waals surface area contributed by atoms with E-state index in [4.69, 9.17) is 11.6 Å². The fourth-order valence-corrected chi connectivity index (χ4v) is 1.38. The van der Waals surface area contributed by atoms with E-state index < -0.39 is 5.41 Å². The molecule has 0 aromatic heterocycles. The summed E-state index contributed by atoms with van der Waals surface area (Å²) < 4.78 is 0. The minimum atomic E-state index is -0.507. The van der Waals surface area contributed by atoms with E-state index in [-0.39, 0.29) is 5.78 Å². The molecule has 0 fully saturated rings. The van der Waals surface area contributed by atoms with E-state index in [0.29, 0.717) is 0 Å². The molecule has 0 saturated heterocycles. The maximum absolute atomic E-state index is 11.7. The molecular formula is C12H13ClO. The van der Waals surface area contributed by atoms with Crippen molar-refractivity contribution in [2.75, 3.05) is 0 Å². The monoisotopic (exact) mass is 208 g/mol. The summed E-state index contributed by atoms with van der Waals surface area (Å²) in [6.07, 6.45) is 1.40. The lowest BCUT2D eigenvalue weighted by Crippen LogP contribution is -2.27. The molecule has 0 atom stereocenters. The predicted octanol–water partition coefficient (Wildman–Crippen LogP) is 3.29. The average Bonchev–Trinajstić information content (AvgIpc) is 2.19. The Morgan fingerprint density at radius 1 is 1.29 bits per heavy atom. The van der Waals surface area contributed by atoms with Gasteiger partial charge in [0, 0.05) is 5.54 Å². The van der Waals surface area contributed by atoms with Crippen LogP contribution in [0.5, 0.6) is 0 Å². The van der Waals surface area contributed by atoms with E-state index in [1.165, 1.54) is 11.6 Å². The molecule has 1 rings (SSSR count). The highest BCUT2D eigenvalue weighted by molar-refractivity contribution is 6.27. The van der Waals surface area contributed by atoms with Gasteiger partial charge in [-0.3, -0.25) is 4.79 Å². The van der Waals surface area contributed by atoms with Crippen LogP contribution >= 0.6 is 11.6 Å². The molecule has 0 radical (unpaired) electrons. The largest absolute Gasteiger partial charge is 0.294 e. The van der Waals surface area contributed by atoms with Crippen molar-refractivity contribution in [3.8, 4) is 0 Å². The van der Waals surface area contributed by atoms with Crippen LogP contribution in [0.1, 0.15) is 19.4 Å². The quantitative estimate of drug-likeness (QED) is 0.697. The molecule has 1 nitrogen and oxygen atoms in total.